The zero-order valence-electron chi connectivity index (χ0n) is 12.9. The number of halogens is 2. The van der Waals surface area contributed by atoms with Crippen LogP contribution in [0.5, 0.6) is 11.5 Å². The van der Waals surface area contributed by atoms with Gasteiger partial charge < -0.3 is 14.9 Å². The van der Waals surface area contributed by atoms with E-state index in [0.717, 1.165) is 25.3 Å². The van der Waals surface area contributed by atoms with E-state index in [9.17, 15) is 28.6 Å². The van der Waals surface area contributed by atoms with Crippen molar-refractivity contribution in [1.29, 1.82) is 0 Å². The zero-order chi connectivity index (χ0) is 18.0. The van der Waals surface area contributed by atoms with Crippen LogP contribution in [-0.2, 0) is 16.0 Å². The van der Waals surface area contributed by atoms with Crippen LogP contribution in [0.2, 0.25) is 0 Å². The van der Waals surface area contributed by atoms with Gasteiger partial charge in [-0.1, -0.05) is 6.07 Å². The van der Waals surface area contributed by atoms with Crippen LogP contribution in [-0.4, -0.2) is 29.1 Å². The fourth-order valence-corrected chi connectivity index (χ4v) is 2.47. The highest BCUT2D eigenvalue weighted by Gasteiger charge is 2.24. The summed E-state index contributed by atoms with van der Waals surface area (Å²) in [5, 5.41) is 20.1. The average molecular weight is 336 g/mol. The summed E-state index contributed by atoms with van der Waals surface area (Å²) in [6, 6.07) is 3.78. The highest BCUT2D eigenvalue weighted by atomic mass is 19.2. The first-order valence-electron chi connectivity index (χ1n) is 6.87. The predicted octanol–water partition coefficient (Wildman–Crippen LogP) is 2.96. The number of hydrogen-bond acceptors (Lipinski definition) is 5. The van der Waals surface area contributed by atoms with Gasteiger partial charge in [-0.25, -0.2) is 8.78 Å². The third kappa shape index (κ3) is 3.19. The Hall–Kier alpha value is -2.96. The number of carbonyl (C=O) groups excluding carboxylic acids is 2. The number of methoxy groups -OCH3 is 1. The van der Waals surface area contributed by atoms with E-state index in [0.29, 0.717) is 0 Å². The molecular weight excluding hydrogens is 322 g/mol. The van der Waals surface area contributed by atoms with Gasteiger partial charge in [0.05, 0.1) is 19.1 Å². The number of benzene rings is 2. The number of esters is 1. The minimum absolute atomic E-state index is 0.0298. The minimum Gasteiger partial charge on any atom is -0.507 e. The van der Waals surface area contributed by atoms with E-state index in [1.807, 2.05) is 0 Å². The third-order valence-electron chi connectivity index (χ3n) is 3.50. The molecule has 2 N–H and O–H groups in total. The van der Waals surface area contributed by atoms with Crippen molar-refractivity contribution in [1.82, 2.24) is 0 Å². The van der Waals surface area contributed by atoms with Gasteiger partial charge in [0.1, 0.15) is 11.5 Å². The monoisotopic (exact) mass is 336 g/mol. The van der Waals surface area contributed by atoms with E-state index >= 15 is 0 Å². The van der Waals surface area contributed by atoms with Crippen molar-refractivity contribution >= 4 is 11.8 Å². The van der Waals surface area contributed by atoms with Gasteiger partial charge in [-0.2, -0.15) is 0 Å². The normalized spacial score (nSPS) is 10.5. The highest BCUT2D eigenvalue weighted by molar-refractivity contribution is 6.02. The number of phenols is 2. The Bertz CT molecular complexity index is 830. The molecule has 0 heterocycles. The van der Waals surface area contributed by atoms with E-state index in [4.69, 9.17) is 0 Å². The summed E-state index contributed by atoms with van der Waals surface area (Å²) in [6.45, 7) is 1.17. The maximum atomic E-state index is 13.5. The summed E-state index contributed by atoms with van der Waals surface area (Å²) < 4.78 is 31.2. The molecule has 0 radical (unpaired) electrons. The molecule has 0 aromatic heterocycles. The SMILES string of the molecule is COC(=O)Cc1c(C(C)=O)c(O)cc(O)c1-c1ccc(F)c(F)c1. The second kappa shape index (κ2) is 6.66. The van der Waals surface area contributed by atoms with Crippen molar-refractivity contribution in [3.63, 3.8) is 0 Å². The van der Waals surface area contributed by atoms with Gasteiger partial charge in [-0.15, -0.1) is 0 Å². The second-order valence-corrected chi connectivity index (χ2v) is 5.08. The molecule has 2 rings (SSSR count). The molecule has 5 nitrogen and oxygen atoms in total. The molecule has 0 bridgehead atoms. The summed E-state index contributed by atoms with van der Waals surface area (Å²) in [5.74, 6) is -4.54. The number of phenolic OH excluding ortho intramolecular Hbond substituents is 2. The van der Waals surface area contributed by atoms with Gasteiger partial charge in [0.15, 0.2) is 17.4 Å². The Labute approximate surface area is 136 Å². The summed E-state index contributed by atoms with van der Waals surface area (Å²) >= 11 is 0. The van der Waals surface area contributed by atoms with Gasteiger partial charge in [-0.3, -0.25) is 9.59 Å². The van der Waals surface area contributed by atoms with Crippen molar-refractivity contribution in [2.45, 2.75) is 13.3 Å². The molecule has 0 saturated heterocycles. The number of rotatable bonds is 4. The molecule has 0 amide bonds. The molecule has 0 unspecified atom stereocenters. The van der Waals surface area contributed by atoms with Gasteiger partial charge in [0, 0.05) is 11.6 Å². The molecule has 0 aliphatic heterocycles. The van der Waals surface area contributed by atoms with Crippen molar-refractivity contribution < 1.29 is 33.3 Å². The fourth-order valence-electron chi connectivity index (χ4n) is 2.47. The lowest BCUT2D eigenvalue weighted by atomic mass is 9.90. The largest absolute Gasteiger partial charge is 0.507 e. The van der Waals surface area contributed by atoms with Gasteiger partial charge >= 0.3 is 5.97 Å². The first-order chi connectivity index (χ1) is 11.3. The van der Waals surface area contributed by atoms with E-state index in [-0.39, 0.29) is 22.3 Å². The number of aromatic hydroxyl groups is 2. The Morgan fingerprint density at radius 3 is 2.29 bits per heavy atom. The Morgan fingerprint density at radius 2 is 1.75 bits per heavy atom. The molecule has 0 aliphatic rings. The molecule has 0 saturated carbocycles. The van der Waals surface area contributed by atoms with Crippen LogP contribution < -0.4 is 0 Å². The highest BCUT2D eigenvalue weighted by Crippen LogP contribution is 2.40. The lowest BCUT2D eigenvalue weighted by Gasteiger charge is -2.16. The quantitative estimate of drug-likeness (QED) is 0.662. The van der Waals surface area contributed by atoms with Crippen LogP contribution in [0.15, 0.2) is 24.3 Å². The predicted molar refractivity (Wildman–Crippen MR) is 80.8 cm³/mol. The number of hydrogen-bond donors (Lipinski definition) is 2. The molecule has 2 aromatic rings. The van der Waals surface area contributed by atoms with Crippen molar-refractivity contribution in [3.8, 4) is 22.6 Å². The standard InChI is InChI=1S/C17H14F2O5/c1-8(20)16-10(6-15(23)24-2)17(14(22)7-13(16)21)9-3-4-11(18)12(19)5-9/h3-5,7,21-22H,6H2,1-2H3. The Balaban J connectivity index is 2.81. The van der Waals surface area contributed by atoms with Gasteiger partial charge in [0.2, 0.25) is 0 Å². The minimum atomic E-state index is -1.16. The van der Waals surface area contributed by atoms with Gasteiger partial charge in [-0.05, 0) is 30.2 Å². The molecule has 7 heteroatoms. The molecular formula is C17H14F2O5. The van der Waals surface area contributed by atoms with E-state index in [1.54, 1.807) is 0 Å². The summed E-state index contributed by atoms with van der Waals surface area (Å²) in [6.07, 6.45) is -0.443. The van der Waals surface area contributed by atoms with E-state index in [1.165, 1.54) is 13.0 Å². The number of carbonyl (C=O) groups is 2. The average Bonchev–Trinajstić information content (AvgIpc) is 2.49. The lowest BCUT2D eigenvalue weighted by Crippen LogP contribution is -2.11. The molecule has 2 aromatic carbocycles. The van der Waals surface area contributed by atoms with Gasteiger partial charge in [0.25, 0.3) is 0 Å². The summed E-state index contributed by atoms with van der Waals surface area (Å²) in [7, 11) is 1.13. The molecule has 24 heavy (non-hydrogen) atoms. The molecule has 0 aliphatic carbocycles. The lowest BCUT2D eigenvalue weighted by molar-refractivity contribution is -0.139. The van der Waals surface area contributed by atoms with Crippen LogP contribution in [0.3, 0.4) is 0 Å². The Morgan fingerprint density at radius 1 is 1.08 bits per heavy atom. The van der Waals surface area contributed by atoms with Crippen LogP contribution in [0, 0.1) is 11.6 Å². The number of ether oxygens (including phenoxy) is 1. The Kier molecular flexibility index (Phi) is 4.82. The van der Waals surface area contributed by atoms with Crippen molar-refractivity contribution in [3.05, 3.63) is 47.0 Å². The topological polar surface area (TPSA) is 83.8 Å². The van der Waals surface area contributed by atoms with Crippen LogP contribution in [0.4, 0.5) is 8.78 Å². The molecule has 0 atom stereocenters. The summed E-state index contributed by atoms with van der Waals surface area (Å²) in [5.41, 5.74) is -0.231. The summed E-state index contributed by atoms with van der Waals surface area (Å²) in [4.78, 5) is 23.5. The van der Waals surface area contributed by atoms with Crippen LogP contribution >= 0.6 is 0 Å². The molecule has 0 fully saturated rings. The molecule has 126 valence electrons. The van der Waals surface area contributed by atoms with Crippen LogP contribution in [0.1, 0.15) is 22.8 Å². The van der Waals surface area contributed by atoms with Crippen molar-refractivity contribution in [2.75, 3.05) is 7.11 Å². The number of ketones is 1. The maximum absolute atomic E-state index is 13.5. The second-order valence-electron chi connectivity index (χ2n) is 5.08. The van der Waals surface area contributed by atoms with E-state index < -0.39 is 41.3 Å². The zero-order valence-corrected chi connectivity index (χ0v) is 12.9. The first kappa shape index (κ1) is 17.4. The smallest absolute Gasteiger partial charge is 0.310 e. The molecule has 0 spiro atoms. The van der Waals surface area contributed by atoms with E-state index in [2.05, 4.69) is 4.74 Å². The fraction of sp³-hybridized carbons (Fsp3) is 0.176. The number of Topliss-reactive ketones (excluding diaryl/α,β-unsaturated/α-hetero) is 1. The van der Waals surface area contributed by atoms with Crippen molar-refractivity contribution in [2.24, 2.45) is 0 Å². The maximum Gasteiger partial charge on any atom is 0.310 e. The van der Waals surface area contributed by atoms with Crippen LogP contribution in [0.25, 0.3) is 11.1 Å². The first-order valence-corrected chi connectivity index (χ1v) is 6.87. The third-order valence-corrected chi connectivity index (χ3v) is 3.50.